The number of allylic oxidation sites excluding steroid dienone is 1. The maximum atomic E-state index is 4.75. The number of fused-ring (bicyclic) bond motifs is 1. The van der Waals surface area contributed by atoms with Gasteiger partial charge in [-0.2, -0.15) is 0 Å². The fourth-order valence-corrected chi connectivity index (χ4v) is 3.43. The van der Waals surface area contributed by atoms with Gasteiger partial charge in [-0.1, -0.05) is 38.1 Å². The molecule has 1 aromatic heterocycles. The highest BCUT2D eigenvalue weighted by Crippen LogP contribution is 2.36. The van der Waals surface area contributed by atoms with Crippen LogP contribution in [0.3, 0.4) is 0 Å². The van der Waals surface area contributed by atoms with Crippen LogP contribution in [-0.2, 0) is 0 Å². The SMILES string of the molecule is Cc1cncc(C2=NC(c3ccc4c(c3)C=CC4C(C)C)=NC2)c1. The standard InChI is InChI=1S/C21H21N3/c1-13(2)18-6-4-15-9-16(5-7-19(15)18)21-23-12-20(24-21)17-8-14(3)10-22-11-17/h4-11,13,18H,12H2,1-3H3. The minimum Gasteiger partial charge on any atom is -0.264 e. The fraction of sp³-hybridized carbons (Fsp3) is 0.286. The molecule has 0 saturated carbocycles. The van der Waals surface area contributed by atoms with Crippen LogP contribution in [0.5, 0.6) is 0 Å². The van der Waals surface area contributed by atoms with E-state index in [1.165, 1.54) is 11.1 Å². The molecule has 1 aromatic carbocycles. The Morgan fingerprint density at radius 1 is 1.08 bits per heavy atom. The summed E-state index contributed by atoms with van der Waals surface area (Å²) < 4.78 is 0. The van der Waals surface area contributed by atoms with Crippen molar-refractivity contribution in [1.29, 1.82) is 0 Å². The van der Waals surface area contributed by atoms with Crippen LogP contribution in [0.1, 0.15) is 47.6 Å². The molecule has 1 aliphatic heterocycles. The number of aromatic nitrogens is 1. The van der Waals surface area contributed by atoms with E-state index in [1.54, 1.807) is 0 Å². The fourth-order valence-electron chi connectivity index (χ4n) is 3.43. The van der Waals surface area contributed by atoms with Gasteiger partial charge in [-0.25, -0.2) is 4.99 Å². The Morgan fingerprint density at radius 3 is 2.75 bits per heavy atom. The second-order valence-electron chi connectivity index (χ2n) is 6.92. The molecule has 0 fully saturated rings. The molecular formula is C21H21N3. The predicted molar refractivity (Wildman–Crippen MR) is 100.0 cm³/mol. The van der Waals surface area contributed by atoms with Gasteiger partial charge in [0, 0.05) is 29.4 Å². The van der Waals surface area contributed by atoms with Crippen molar-refractivity contribution < 1.29 is 0 Å². The lowest BCUT2D eigenvalue weighted by Crippen LogP contribution is -2.04. The van der Waals surface area contributed by atoms with Gasteiger partial charge < -0.3 is 0 Å². The first-order chi connectivity index (χ1) is 11.6. The van der Waals surface area contributed by atoms with Crippen molar-refractivity contribution >= 4 is 17.6 Å². The summed E-state index contributed by atoms with van der Waals surface area (Å²) in [6.07, 6.45) is 8.26. The molecule has 2 aliphatic rings. The number of benzene rings is 1. The minimum atomic E-state index is 0.525. The van der Waals surface area contributed by atoms with Crippen LogP contribution < -0.4 is 0 Å². The molecule has 0 saturated heterocycles. The molecule has 120 valence electrons. The number of pyridine rings is 1. The lowest BCUT2D eigenvalue weighted by Gasteiger charge is -2.15. The highest BCUT2D eigenvalue weighted by molar-refractivity contribution is 6.17. The van der Waals surface area contributed by atoms with Gasteiger partial charge in [-0.3, -0.25) is 9.98 Å². The summed E-state index contributed by atoms with van der Waals surface area (Å²) in [7, 11) is 0. The van der Waals surface area contributed by atoms with E-state index in [0.29, 0.717) is 18.4 Å². The van der Waals surface area contributed by atoms with E-state index in [1.807, 2.05) is 19.3 Å². The second-order valence-corrected chi connectivity index (χ2v) is 6.92. The smallest absolute Gasteiger partial charge is 0.155 e. The molecule has 0 N–H and O–H groups in total. The summed E-state index contributed by atoms with van der Waals surface area (Å²) in [5.74, 6) is 1.98. The van der Waals surface area contributed by atoms with Crippen LogP contribution in [0.4, 0.5) is 0 Å². The van der Waals surface area contributed by atoms with Crippen LogP contribution in [0.2, 0.25) is 0 Å². The number of amidine groups is 1. The Bertz CT molecular complexity index is 888. The topological polar surface area (TPSA) is 37.6 Å². The average Bonchev–Trinajstić information content (AvgIpc) is 3.21. The Hall–Kier alpha value is -2.55. The largest absolute Gasteiger partial charge is 0.264 e. The number of hydrogen-bond acceptors (Lipinski definition) is 3. The summed E-state index contributed by atoms with van der Waals surface area (Å²) in [5.41, 5.74) is 7.02. The Balaban J connectivity index is 1.63. The van der Waals surface area contributed by atoms with Gasteiger partial charge in [0.15, 0.2) is 5.84 Å². The number of nitrogens with zero attached hydrogens (tertiary/aromatic N) is 3. The first-order valence-electron chi connectivity index (χ1n) is 8.48. The van der Waals surface area contributed by atoms with Crippen molar-refractivity contribution in [2.45, 2.75) is 26.7 Å². The molecule has 3 nitrogen and oxygen atoms in total. The molecule has 0 radical (unpaired) electrons. The van der Waals surface area contributed by atoms with Crippen molar-refractivity contribution in [3.63, 3.8) is 0 Å². The van der Waals surface area contributed by atoms with E-state index in [2.05, 4.69) is 60.2 Å². The molecule has 1 aliphatic carbocycles. The molecule has 0 spiro atoms. The first-order valence-corrected chi connectivity index (χ1v) is 8.48. The molecule has 1 unspecified atom stereocenters. The normalized spacial score (nSPS) is 18.8. The van der Waals surface area contributed by atoms with Crippen LogP contribution >= 0.6 is 0 Å². The third kappa shape index (κ3) is 2.60. The zero-order valence-corrected chi connectivity index (χ0v) is 14.3. The second kappa shape index (κ2) is 5.82. The number of aliphatic imine (C=N–C) groups is 2. The first kappa shape index (κ1) is 15.0. The average molecular weight is 315 g/mol. The third-order valence-electron chi connectivity index (χ3n) is 4.73. The van der Waals surface area contributed by atoms with E-state index in [9.17, 15) is 0 Å². The van der Waals surface area contributed by atoms with Crippen molar-refractivity contribution in [2.24, 2.45) is 15.9 Å². The zero-order valence-electron chi connectivity index (χ0n) is 14.3. The zero-order chi connectivity index (χ0) is 16.7. The van der Waals surface area contributed by atoms with Crippen LogP contribution in [-0.4, -0.2) is 23.1 Å². The van der Waals surface area contributed by atoms with Crippen molar-refractivity contribution in [3.8, 4) is 0 Å². The van der Waals surface area contributed by atoms with E-state index in [4.69, 9.17) is 4.99 Å². The molecule has 0 amide bonds. The van der Waals surface area contributed by atoms with Gasteiger partial charge in [0.05, 0.1) is 12.3 Å². The molecule has 3 heteroatoms. The molecule has 2 heterocycles. The highest BCUT2D eigenvalue weighted by Gasteiger charge is 2.22. The molecule has 2 aromatic rings. The summed E-state index contributed by atoms with van der Waals surface area (Å²) in [6.45, 7) is 7.21. The van der Waals surface area contributed by atoms with Gasteiger partial charge in [-0.15, -0.1) is 0 Å². The van der Waals surface area contributed by atoms with Gasteiger partial charge >= 0.3 is 0 Å². The molecular weight excluding hydrogens is 294 g/mol. The maximum absolute atomic E-state index is 4.75. The summed E-state index contributed by atoms with van der Waals surface area (Å²) in [4.78, 5) is 13.6. The third-order valence-corrected chi connectivity index (χ3v) is 4.73. The van der Waals surface area contributed by atoms with Gasteiger partial charge in [-0.05, 0) is 41.7 Å². The van der Waals surface area contributed by atoms with Crippen LogP contribution in [0, 0.1) is 12.8 Å². The molecule has 4 rings (SSSR count). The van der Waals surface area contributed by atoms with E-state index in [0.717, 1.165) is 28.2 Å². The number of hydrogen-bond donors (Lipinski definition) is 0. The van der Waals surface area contributed by atoms with Crippen molar-refractivity contribution in [1.82, 2.24) is 4.98 Å². The lowest BCUT2D eigenvalue weighted by atomic mass is 9.90. The lowest BCUT2D eigenvalue weighted by molar-refractivity contribution is 0.584. The van der Waals surface area contributed by atoms with Crippen LogP contribution in [0.25, 0.3) is 6.08 Å². The summed E-state index contributed by atoms with van der Waals surface area (Å²) in [5, 5.41) is 0. The minimum absolute atomic E-state index is 0.525. The molecule has 1 atom stereocenters. The monoisotopic (exact) mass is 315 g/mol. The van der Waals surface area contributed by atoms with Crippen molar-refractivity contribution in [2.75, 3.05) is 6.54 Å². The van der Waals surface area contributed by atoms with E-state index < -0.39 is 0 Å². The summed E-state index contributed by atoms with van der Waals surface area (Å²) in [6, 6.07) is 8.72. The Morgan fingerprint density at radius 2 is 1.96 bits per heavy atom. The Labute approximate surface area is 142 Å². The Kier molecular flexibility index (Phi) is 3.64. The van der Waals surface area contributed by atoms with Gasteiger partial charge in [0.2, 0.25) is 0 Å². The highest BCUT2D eigenvalue weighted by atomic mass is 15.0. The molecule has 24 heavy (non-hydrogen) atoms. The predicted octanol–water partition coefficient (Wildman–Crippen LogP) is 4.41. The summed E-state index contributed by atoms with van der Waals surface area (Å²) >= 11 is 0. The number of aryl methyl sites for hydroxylation is 1. The van der Waals surface area contributed by atoms with Gasteiger partial charge in [0.25, 0.3) is 0 Å². The number of rotatable bonds is 3. The van der Waals surface area contributed by atoms with E-state index in [-0.39, 0.29) is 0 Å². The van der Waals surface area contributed by atoms with Crippen molar-refractivity contribution in [3.05, 3.63) is 70.6 Å². The van der Waals surface area contributed by atoms with Crippen LogP contribution in [0.15, 0.2) is 52.7 Å². The van der Waals surface area contributed by atoms with E-state index >= 15 is 0 Å². The van der Waals surface area contributed by atoms with Gasteiger partial charge in [0.1, 0.15) is 0 Å². The maximum Gasteiger partial charge on any atom is 0.155 e. The quantitative estimate of drug-likeness (QED) is 0.827. The molecule has 0 bridgehead atoms.